The smallest absolute Gasteiger partial charge is 0.194 e. The first-order valence-electron chi connectivity index (χ1n) is 6.20. The molecule has 0 saturated carbocycles. The van der Waals surface area contributed by atoms with Crippen molar-refractivity contribution in [3.63, 3.8) is 0 Å². The molecular formula is C14H20FN3O. The molecule has 0 heterocycles. The summed E-state index contributed by atoms with van der Waals surface area (Å²) in [6.45, 7) is 7.44. The molecule has 1 aliphatic rings. The maximum absolute atomic E-state index is 13.5. The van der Waals surface area contributed by atoms with Gasteiger partial charge in [0.05, 0.1) is 11.9 Å². The summed E-state index contributed by atoms with van der Waals surface area (Å²) in [7, 11) is 0. The van der Waals surface area contributed by atoms with Gasteiger partial charge in [-0.05, 0) is 25.0 Å². The topological polar surface area (TPSA) is 59.6 Å². The van der Waals surface area contributed by atoms with Crippen LogP contribution in [0.4, 0.5) is 4.39 Å². The van der Waals surface area contributed by atoms with Crippen LogP contribution in [0.1, 0.15) is 33.1 Å². The quantitative estimate of drug-likeness (QED) is 0.264. The molecule has 0 radical (unpaired) electrons. The van der Waals surface area contributed by atoms with E-state index in [4.69, 9.17) is 10.6 Å². The molecule has 5 heteroatoms. The molecular weight excluding hydrogens is 245 g/mol. The molecule has 4 nitrogen and oxygen atoms in total. The van der Waals surface area contributed by atoms with Gasteiger partial charge in [-0.2, -0.15) is 0 Å². The van der Waals surface area contributed by atoms with Crippen molar-refractivity contribution in [1.82, 2.24) is 5.43 Å². The van der Waals surface area contributed by atoms with Gasteiger partial charge in [-0.3, -0.25) is 5.84 Å². The van der Waals surface area contributed by atoms with Crippen LogP contribution in [-0.4, -0.2) is 5.90 Å². The van der Waals surface area contributed by atoms with Gasteiger partial charge in [0.15, 0.2) is 11.7 Å². The fourth-order valence-electron chi connectivity index (χ4n) is 1.43. The van der Waals surface area contributed by atoms with Crippen LogP contribution in [0.3, 0.4) is 0 Å². The molecule has 0 aromatic heterocycles. The Kier molecular flexibility index (Phi) is 6.02. The Balaban J connectivity index is 2.84. The molecule has 0 bridgehead atoms. The summed E-state index contributed by atoms with van der Waals surface area (Å²) >= 11 is 0. The van der Waals surface area contributed by atoms with Crippen LogP contribution in [0.25, 0.3) is 0 Å². The highest BCUT2D eigenvalue weighted by atomic mass is 19.1. The SMILES string of the molecule is C=C(C)/C(=C\N=C(CC)OC1=C(F)CCC=C1)NN. The van der Waals surface area contributed by atoms with Crippen molar-refractivity contribution in [2.45, 2.75) is 33.1 Å². The summed E-state index contributed by atoms with van der Waals surface area (Å²) in [4.78, 5) is 4.16. The molecule has 0 aromatic rings. The fraction of sp³-hybridized carbons (Fsp3) is 0.357. The van der Waals surface area contributed by atoms with E-state index in [2.05, 4.69) is 17.0 Å². The highest BCUT2D eigenvalue weighted by molar-refractivity contribution is 5.78. The number of rotatable bonds is 5. The number of hydrazine groups is 1. The summed E-state index contributed by atoms with van der Waals surface area (Å²) in [5, 5.41) is 0. The van der Waals surface area contributed by atoms with Gasteiger partial charge in [-0.25, -0.2) is 9.38 Å². The van der Waals surface area contributed by atoms with E-state index in [1.54, 1.807) is 13.0 Å². The lowest BCUT2D eigenvalue weighted by Crippen LogP contribution is -2.21. The first-order valence-corrected chi connectivity index (χ1v) is 6.20. The van der Waals surface area contributed by atoms with Gasteiger partial charge in [0.1, 0.15) is 5.83 Å². The first-order chi connectivity index (χ1) is 9.08. The Morgan fingerprint density at radius 3 is 2.95 bits per heavy atom. The van der Waals surface area contributed by atoms with Gasteiger partial charge < -0.3 is 10.2 Å². The number of allylic oxidation sites excluding steroid dienone is 4. The average Bonchev–Trinajstić information content (AvgIpc) is 2.39. The number of nitrogens with two attached hydrogens (primary N) is 1. The summed E-state index contributed by atoms with van der Waals surface area (Å²) in [5.41, 5.74) is 3.85. The normalized spacial score (nSPS) is 16.6. The third-order valence-corrected chi connectivity index (χ3v) is 2.55. The van der Waals surface area contributed by atoms with Crippen LogP contribution in [0.2, 0.25) is 0 Å². The zero-order chi connectivity index (χ0) is 14.3. The predicted octanol–water partition coefficient (Wildman–Crippen LogP) is 3.22. The maximum Gasteiger partial charge on any atom is 0.194 e. The molecule has 0 atom stereocenters. The Bertz CT molecular complexity index is 461. The first kappa shape index (κ1) is 15.2. The molecule has 104 valence electrons. The number of hydrogen-bond acceptors (Lipinski definition) is 4. The molecule has 0 amide bonds. The lowest BCUT2D eigenvalue weighted by atomic mass is 10.1. The van der Waals surface area contributed by atoms with Gasteiger partial charge in [0.2, 0.25) is 0 Å². The number of ether oxygens (including phenoxy) is 1. The predicted molar refractivity (Wildman–Crippen MR) is 75.5 cm³/mol. The highest BCUT2D eigenvalue weighted by Crippen LogP contribution is 2.21. The second-order valence-corrected chi connectivity index (χ2v) is 4.16. The second-order valence-electron chi connectivity index (χ2n) is 4.16. The molecule has 19 heavy (non-hydrogen) atoms. The number of halogens is 1. The molecule has 3 N–H and O–H groups in total. The Morgan fingerprint density at radius 1 is 1.68 bits per heavy atom. The van der Waals surface area contributed by atoms with E-state index in [1.807, 2.05) is 13.0 Å². The number of nitrogens with one attached hydrogen (secondary N) is 1. The Hall–Kier alpha value is -1.88. The molecule has 0 fully saturated rings. The van der Waals surface area contributed by atoms with E-state index < -0.39 is 0 Å². The summed E-state index contributed by atoms with van der Waals surface area (Å²) in [6, 6.07) is 0. The molecule has 0 aliphatic heterocycles. The fourth-order valence-corrected chi connectivity index (χ4v) is 1.43. The summed E-state index contributed by atoms with van der Waals surface area (Å²) in [6.07, 6.45) is 6.66. The maximum atomic E-state index is 13.5. The van der Waals surface area contributed by atoms with Crippen LogP contribution in [0.5, 0.6) is 0 Å². The van der Waals surface area contributed by atoms with E-state index in [1.165, 1.54) is 6.20 Å². The van der Waals surface area contributed by atoms with Gasteiger partial charge >= 0.3 is 0 Å². The third kappa shape index (κ3) is 4.71. The van der Waals surface area contributed by atoms with Crippen LogP contribution in [0, 0.1) is 0 Å². The van der Waals surface area contributed by atoms with Gasteiger partial charge in [0, 0.05) is 12.8 Å². The van der Waals surface area contributed by atoms with Gasteiger partial charge in [-0.1, -0.05) is 19.6 Å². The zero-order valence-corrected chi connectivity index (χ0v) is 11.4. The van der Waals surface area contributed by atoms with Crippen LogP contribution in [0.15, 0.2) is 52.8 Å². The van der Waals surface area contributed by atoms with E-state index in [0.29, 0.717) is 30.9 Å². The average molecular weight is 265 g/mol. The minimum absolute atomic E-state index is 0.234. The molecule has 0 saturated heterocycles. The molecule has 1 aliphatic carbocycles. The second kappa shape index (κ2) is 7.53. The van der Waals surface area contributed by atoms with Crippen LogP contribution < -0.4 is 11.3 Å². The van der Waals surface area contributed by atoms with Crippen molar-refractivity contribution in [2.24, 2.45) is 10.8 Å². The monoisotopic (exact) mass is 265 g/mol. The van der Waals surface area contributed by atoms with Crippen molar-refractivity contribution in [3.8, 4) is 0 Å². The standard InChI is InChI=1S/C14H20FN3O/c1-4-14(17-9-12(18-16)10(2)3)19-13-8-6-5-7-11(13)15/h6,8-9,18H,2,4-5,7,16H2,1,3H3/b12-9+,17-14?. The minimum atomic E-state index is -0.246. The Morgan fingerprint density at radius 2 is 2.42 bits per heavy atom. The van der Waals surface area contributed by atoms with Crippen molar-refractivity contribution >= 4 is 5.90 Å². The summed E-state index contributed by atoms with van der Waals surface area (Å²) < 4.78 is 19.0. The van der Waals surface area contributed by atoms with Crippen molar-refractivity contribution < 1.29 is 9.13 Å². The molecule has 0 spiro atoms. The number of aliphatic imine (C=N–C) groups is 1. The van der Waals surface area contributed by atoms with Crippen molar-refractivity contribution in [2.75, 3.05) is 0 Å². The highest BCUT2D eigenvalue weighted by Gasteiger charge is 2.11. The minimum Gasteiger partial charge on any atom is -0.440 e. The van der Waals surface area contributed by atoms with Crippen molar-refractivity contribution in [3.05, 3.63) is 47.8 Å². The zero-order valence-electron chi connectivity index (χ0n) is 11.4. The van der Waals surface area contributed by atoms with E-state index >= 15 is 0 Å². The van der Waals surface area contributed by atoms with E-state index in [-0.39, 0.29) is 11.6 Å². The van der Waals surface area contributed by atoms with Gasteiger partial charge in [0.25, 0.3) is 0 Å². The molecule has 0 aromatic carbocycles. The van der Waals surface area contributed by atoms with Crippen molar-refractivity contribution in [1.29, 1.82) is 0 Å². The Labute approximate surface area is 113 Å². The number of hydrogen-bond donors (Lipinski definition) is 2. The van der Waals surface area contributed by atoms with Crippen LogP contribution >= 0.6 is 0 Å². The third-order valence-electron chi connectivity index (χ3n) is 2.55. The lowest BCUT2D eigenvalue weighted by Gasteiger charge is -2.12. The largest absolute Gasteiger partial charge is 0.440 e. The lowest BCUT2D eigenvalue weighted by molar-refractivity contribution is 0.383. The van der Waals surface area contributed by atoms with E-state index in [0.717, 1.165) is 5.57 Å². The number of nitrogens with zero attached hydrogens (tertiary/aromatic N) is 1. The molecule has 1 rings (SSSR count). The van der Waals surface area contributed by atoms with Crippen LogP contribution in [-0.2, 0) is 4.74 Å². The van der Waals surface area contributed by atoms with Gasteiger partial charge in [-0.15, -0.1) is 0 Å². The molecule has 0 unspecified atom stereocenters. The summed E-state index contributed by atoms with van der Waals surface area (Å²) in [5.74, 6) is 5.75. The van der Waals surface area contributed by atoms with E-state index in [9.17, 15) is 4.39 Å².